The number of nitrogens with zero attached hydrogens (tertiary/aromatic N) is 2. The summed E-state index contributed by atoms with van der Waals surface area (Å²) in [4.78, 5) is 12.0. The first-order valence-corrected chi connectivity index (χ1v) is 6.50. The molecule has 0 aromatic carbocycles. The molecule has 1 amide bonds. The van der Waals surface area contributed by atoms with Crippen LogP contribution < -0.4 is 10.6 Å². The third-order valence-electron chi connectivity index (χ3n) is 2.64. The van der Waals surface area contributed by atoms with Gasteiger partial charge in [0.05, 0.1) is 23.6 Å². The van der Waals surface area contributed by atoms with E-state index in [9.17, 15) is 4.79 Å². The number of aromatic nitrogens is 2. The Balaban J connectivity index is 2.43. The maximum absolute atomic E-state index is 12.0. The van der Waals surface area contributed by atoms with Gasteiger partial charge < -0.3 is 15.4 Å². The Morgan fingerprint density at radius 1 is 1.32 bits per heavy atom. The summed E-state index contributed by atoms with van der Waals surface area (Å²) in [6, 6.07) is 1.78. The van der Waals surface area contributed by atoms with Crippen LogP contribution in [0.3, 0.4) is 0 Å². The van der Waals surface area contributed by atoms with Gasteiger partial charge in [0.2, 0.25) is 0 Å². The van der Waals surface area contributed by atoms with E-state index < -0.39 is 0 Å². The molecule has 19 heavy (non-hydrogen) atoms. The number of amides is 1. The Hall–Kier alpha value is -1.53. The number of carbonyl (C=O) groups excluding carboxylic acids is 1. The minimum atomic E-state index is -0.0941. The number of hydrogen-bond donors (Lipinski definition) is 2. The second-order valence-corrected chi connectivity index (χ2v) is 4.20. The normalized spacial score (nSPS) is 10.5. The summed E-state index contributed by atoms with van der Waals surface area (Å²) in [7, 11) is 1.66. The van der Waals surface area contributed by atoms with Gasteiger partial charge in [0.15, 0.2) is 0 Å². The molecule has 1 aromatic rings. The molecule has 0 aliphatic rings. The maximum Gasteiger partial charge on any atom is 0.253 e. The summed E-state index contributed by atoms with van der Waals surface area (Å²) in [6.07, 6.45) is 0.697. The fourth-order valence-electron chi connectivity index (χ4n) is 1.63. The number of nitrogens with one attached hydrogen (secondary N) is 2. The summed E-state index contributed by atoms with van der Waals surface area (Å²) >= 11 is 0. The van der Waals surface area contributed by atoms with Crippen molar-refractivity contribution in [2.24, 2.45) is 0 Å². The SMILES string of the molecule is CCc1nnc(C)cc1C(=O)NCCNCCOC. The zero-order valence-corrected chi connectivity index (χ0v) is 11.8. The van der Waals surface area contributed by atoms with Crippen molar-refractivity contribution in [2.45, 2.75) is 20.3 Å². The molecule has 0 aliphatic carbocycles. The van der Waals surface area contributed by atoms with E-state index in [0.29, 0.717) is 31.7 Å². The van der Waals surface area contributed by atoms with Gasteiger partial charge in [0, 0.05) is 26.7 Å². The zero-order valence-electron chi connectivity index (χ0n) is 11.8. The molecule has 1 aromatic heterocycles. The molecule has 1 rings (SSSR count). The minimum Gasteiger partial charge on any atom is -0.383 e. The monoisotopic (exact) mass is 266 g/mol. The van der Waals surface area contributed by atoms with Crippen molar-refractivity contribution in [1.82, 2.24) is 20.8 Å². The highest BCUT2D eigenvalue weighted by atomic mass is 16.5. The van der Waals surface area contributed by atoms with Gasteiger partial charge in [-0.2, -0.15) is 10.2 Å². The van der Waals surface area contributed by atoms with Gasteiger partial charge >= 0.3 is 0 Å². The highest BCUT2D eigenvalue weighted by Crippen LogP contribution is 2.06. The van der Waals surface area contributed by atoms with Crippen LogP contribution in [0.25, 0.3) is 0 Å². The molecule has 0 unspecified atom stereocenters. The second kappa shape index (κ2) is 8.55. The molecule has 1 heterocycles. The van der Waals surface area contributed by atoms with Crippen LogP contribution in [0.15, 0.2) is 6.07 Å². The predicted molar refractivity (Wildman–Crippen MR) is 73.2 cm³/mol. The third-order valence-corrected chi connectivity index (χ3v) is 2.64. The van der Waals surface area contributed by atoms with Crippen LogP contribution >= 0.6 is 0 Å². The lowest BCUT2D eigenvalue weighted by molar-refractivity contribution is 0.0952. The lowest BCUT2D eigenvalue weighted by Crippen LogP contribution is -2.33. The minimum absolute atomic E-state index is 0.0941. The van der Waals surface area contributed by atoms with E-state index in [0.717, 1.165) is 17.9 Å². The Kier molecular flexibility index (Phi) is 6.99. The van der Waals surface area contributed by atoms with E-state index >= 15 is 0 Å². The lowest BCUT2D eigenvalue weighted by atomic mass is 10.1. The number of rotatable bonds is 8. The molecule has 0 fully saturated rings. The average molecular weight is 266 g/mol. The number of aryl methyl sites for hydroxylation is 2. The van der Waals surface area contributed by atoms with Crippen molar-refractivity contribution in [1.29, 1.82) is 0 Å². The van der Waals surface area contributed by atoms with Crippen LogP contribution in [-0.2, 0) is 11.2 Å². The molecule has 0 atom stereocenters. The van der Waals surface area contributed by atoms with E-state index in [-0.39, 0.29) is 5.91 Å². The standard InChI is InChI=1S/C13H22N4O2/c1-4-12-11(9-10(2)16-17-12)13(18)15-6-5-14-7-8-19-3/h9,14H,4-8H2,1-3H3,(H,15,18). The van der Waals surface area contributed by atoms with Crippen molar-refractivity contribution in [3.8, 4) is 0 Å². The van der Waals surface area contributed by atoms with Gasteiger partial charge in [-0.3, -0.25) is 4.79 Å². The van der Waals surface area contributed by atoms with Crippen molar-refractivity contribution >= 4 is 5.91 Å². The number of ether oxygens (including phenoxy) is 1. The summed E-state index contributed by atoms with van der Waals surface area (Å²) < 4.78 is 4.92. The van der Waals surface area contributed by atoms with Crippen molar-refractivity contribution in [2.75, 3.05) is 33.4 Å². The van der Waals surface area contributed by atoms with Crippen molar-refractivity contribution < 1.29 is 9.53 Å². The molecule has 0 saturated carbocycles. The number of carbonyl (C=O) groups is 1. The fourth-order valence-corrected chi connectivity index (χ4v) is 1.63. The summed E-state index contributed by atoms with van der Waals surface area (Å²) in [5.74, 6) is -0.0941. The zero-order chi connectivity index (χ0) is 14.1. The van der Waals surface area contributed by atoms with Crippen molar-refractivity contribution in [3.05, 3.63) is 23.0 Å². The first kappa shape index (κ1) is 15.5. The Morgan fingerprint density at radius 3 is 2.79 bits per heavy atom. The Morgan fingerprint density at radius 2 is 2.11 bits per heavy atom. The van der Waals surface area contributed by atoms with Gasteiger partial charge in [0.1, 0.15) is 0 Å². The first-order valence-electron chi connectivity index (χ1n) is 6.50. The summed E-state index contributed by atoms with van der Waals surface area (Å²) in [5.41, 5.74) is 2.10. The largest absolute Gasteiger partial charge is 0.383 e. The molecule has 0 radical (unpaired) electrons. The smallest absolute Gasteiger partial charge is 0.253 e. The predicted octanol–water partition coefficient (Wildman–Crippen LogP) is 0.313. The maximum atomic E-state index is 12.0. The van der Waals surface area contributed by atoms with Crippen LogP contribution in [-0.4, -0.2) is 49.5 Å². The van der Waals surface area contributed by atoms with Crippen LogP contribution in [0.1, 0.15) is 28.7 Å². The molecule has 6 nitrogen and oxygen atoms in total. The Labute approximate surface area is 113 Å². The Bertz CT molecular complexity index is 410. The molecule has 0 saturated heterocycles. The molecular formula is C13H22N4O2. The highest BCUT2D eigenvalue weighted by Gasteiger charge is 2.11. The average Bonchev–Trinajstić information content (AvgIpc) is 2.42. The van der Waals surface area contributed by atoms with Gasteiger partial charge in [-0.05, 0) is 19.4 Å². The topological polar surface area (TPSA) is 76.1 Å². The first-order chi connectivity index (χ1) is 9.19. The van der Waals surface area contributed by atoms with Crippen LogP contribution in [0.4, 0.5) is 0 Å². The van der Waals surface area contributed by atoms with E-state index in [1.165, 1.54) is 0 Å². The van der Waals surface area contributed by atoms with Gasteiger partial charge in [0.25, 0.3) is 5.91 Å². The van der Waals surface area contributed by atoms with Gasteiger partial charge in [-0.1, -0.05) is 6.92 Å². The van der Waals surface area contributed by atoms with E-state index in [1.54, 1.807) is 13.2 Å². The molecule has 6 heteroatoms. The number of methoxy groups -OCH3 is 1. The molecule has 0 spiro atoms. The lowest BCUT2D eigenvalue weighted by Gasteiger charge is -2.09. The van der Waals surface area contributed by atoms with Crippen LogP contribution in [0, 0.1) is 6.92 Å². The fraction of sp³-hybridized carbons (Fsp3) is 0.615. The summed E-state index contributed by atoms with van der Waals surface area (Å²) in [6.45, 7) is 6.53. The molecular weight excluding hydrogens is 244 g/mol. The second-order valence-electron chi connectivity index (χ2n) is 4.20. The van der Waals surface area contributed by atoms with Gasteiger partial charge in [-0.15, -0.1) is 0 Å². The third kappa shape index (κ3) is 5.32. The quantitative estimate of drug-likeness (QED) is 0.662. The van der Waals surface area contributed by atoms with E-state index in [4.69, 9.17) is 4.74 Å². The number of hydrogen-bond acceptors (Lipinski definition) is 5. The highest BCUT2D eigenvalue weighted by molar-refractivity contribution is 5.95. The molecule has 0 aliphatic heterocycles. The van der Waals surface area contributed by atoms with Gasteiger partial charge in [-0.25, -0.2) is 0 Å². The molecule has 2 N–H and O–H groups in total. The van der Waals surface area contributed by atoms with E-state index in [2.05, 4.69) is 20.8 Å². The van der Waals surface area contributed by atoms with E-state index in [1.807, 2.05) is 13.8 Å². The molecule has 0 bridgehead atoms. The summed E-state index contributed by atoms with van der Waals surface area (Å²) in [5, 5.41) is 14.0. The van der Waals surface area contributed by atoms with Crippen molar-refractivity contribution in [3.63, 3.8) is 0 Å². The van der Waals surface area contributed by atoms with Crippen LogP contribution in [0.2, 0.25) is 0 Å². The molecule has 106 valence electrons. The van der Waals surface area contributed by atoms with Crippen LogP contribution in [0.5, 0.6) is 0 Å².